The molecule has 1 fully saturated rings. The normalized spacial score (nSPS) is 25.6. The zero-order valence-electron chi connectivity index (χ0n) is 12.8. The van der Waals surface area contributed by atoms with Crippen LogP contribution in [0.4, 0.5) is 0 Å². The number of aromatic nitrogens is 1. The van der Waals surface area contributed by atoms with Crippen LogP contribution < -0.4 is 11.3 Å². The molecule has 3 heterocycles. The second-order valence-corrected chi connectivity index (χ2v) is 6.79. The molecule has 0 unspecified atom stereocenters. The smallest absolute Gasteiger partial charge is 0.281 e. The van der Waals surface area contributed by atoms with E-state index in [2.05, 4.69) is 5.73 Å². The third-order valence-electron chi connectivity index (χ3n) is 4.91. The van der Waals surface area contributed by atoms with Crippen LogP contribution in [0.3, 0.4) is 0 Å². The predicted molar refractivity (Wildman–Crippen MR) is 79.6 cm³/mol. The second-order valence-electron chi connectivity index (χ2n) is 6.79. The number of piperidine rings is 1. The maximum Gasteiger partial charge on any atom is 0.281 e. The Bertz CT molecular complexity index is 608. The molecule has 3 N–H and O–H groups in total. The summed E-state index contributed by atoms with van der Waals surface area (Å²) in [5, 5.41) is 0. The second kappa shape index (κ2) is 5.30. The van der Waals surface area contributed by atoms with E-state index < -0.39 is 0 Å². The zero-order chi connectivity index (χ0) is 15.1. The van der Waals surface area contributed by atoms with E-state index in [9.17, 15) is 9.59 Å². The first kappa shape index (κ1) is 14.3. The van der Waals surface area contributed by atoms with Crippen LogP contribution in [0.25, 0.3) is 0 Å². The largest absolute Gasteiger partial charge is 0.347 e. The molecular weight excluding hydrogens is 266 g/mol. The van der Waals surface area contributed by atoms with Gasteiger partial charge in [0.05, 0.1) is 0 Å². The summed E-state index contributed by atoms with van der Waals surface area (Å²) in [5.41, 5.74) is 5.19. The topological polar surface area (TPSA) is 70.0 Å². The Hall–Kier alpha value is -1.62. The Morgan fingerprint density at radius 1 is 1.29 bits per heavy atom. The third kappa shape index (κ3) is 2.50. The van der Waals surface area contributed by atoms with Gasteiger partial charge in [-0.2, -0.15) is 0 Å². The van der Waals surface area contributed by atoms with Crippen LogP contribution in [0.5, 0.6) is 0 Å². The van der Waals surface area contributed by atoms with E-state index in [0.29, 0.717) is 5.92 Å². The highest BCUT2D eigenvalue weighted by Gasteiger charge is 2.38. The van der Waals surface area contributed by atoms with E-state index in [1.54, 1.807) is 6.07 Å². The lowest BCUT2D eigenvalue weighted by Crippen LogP contribution is -2.71. The Labute approximate surface area is 124 Å². The number of hydrogen-bond acceptors (Lipinski definition) is 2. The molecular formula is C16H24N3O2+. The van der Waals surface area contributed by atoms with E-state index in [4.69, 9.17) is 0 Å². The molecule has 2 aliphatic heterocycles. The first-order valence-corrected chi connectivity index (χ1v) is 7.79. The van der Waals surface area contributed by atoms with Gasteiger partial charge < -0.3 is 15.2 Å². The van der Waals surface area contributed by atoms with Crippen LogP contribution in [0.2, 0.25) is 0 Å². The number of carbonyl (C=O) groups excluding carboxylic acids is 1. The highest BCUT2D eigenvalue weighted by Crippen LogP contribution is 2.35. The minimum Gasteiger partial charge on any atom is -0.347 e. The lowest BCUT2D eigenvalue weighted by molar-refractivity contribution is -0.416. The van der Waals surface area contributed by atoms with Gasteiger partial charge in [-0.1, -0.05) is 19.9 Å². The van der Waals surface area contributed by atoms with Crippen molar-refractivity contribution in [2.45, 2.75) is 38.8 Å². The third-order valence-corrected chi connectivity index (χ3v) is 4.91. The molecule has 1 amide bonds. The van der Waals surface area contributed by atoms with Crippen LogP contribution in [0.15, 0.2) is 23.0 Å². The van der Waals surface area contributed by atoms with E-state index >= 15 is 0 Å². The van der Waals surface area contributed by atoms with Crippen LogP contribution in [-0.4, -0.2) is 34.5 Å². The number of fused-ring (bicyclic) bond motifs is 4. The molecule has 0 radical (unpaired) electrons. The molecule has 21 heavy (non-hydrogen) atoms. The molecule has 0 aliphatic carbocycles. The van der Waals surface area contributed by atoms with Gasteiger partial charge in [0.15, 0.2) is 6.04 Å². The van der Waals surface area contributed by atoms with Gasteiger partial charge >= 0.3 is 0 Å². The molecule has 1 aromatic heterocycles. The quantitative estimate of drug-likeness (QED) is 0.837. The molecule has 5 nitrogen and oxygen atoms in total. The van der Waals surface area contributed by atoms with E-state index in [1.165, 1.54) is 0 Å². The molecule has 3 atom stereocenters. The number of likely N-dealkylation sites (tertiary alicyclic amines) is 1. The fraction of sp³-hybridized carbons (Fsp3) is 0.625. The Morgan fingerprint density at radius 2 is 2.05 bits per heavy atom. The fourth-order valence-corrected chi connectivity index (χ4v) is 3.60. The average Bonchev–Trinajstić information content (AvgIpc) is 2.46. The molecule has 0 saturated carbocycles. The van der Waals surface area contributed by atoms with Crippen molar-refractivity contribution >= 4 is 5.91 Å². The van der Waals surface area contributed by atoms with Crippen molar-refractivity contribution < 1.29 is 10.5 Å². The SMILES string of the molecule is CC(C)[C@H]([NH3+])C(=O)N1C[C@H]2C[C@@H](C1)c1cccc(=O)n1C2. The van der Waals surface area contributed by atoms with Gasteiger partial charge in [0.1, 0.15) is 0 Å². The molecule has 2 bridgehead atoms. The summed E-state index contributed by atoms with van der Waals surface area (Å²) in [6.45, 7) is 6.29. The summed E-state index contributed by atoms with van der Waals surface area (Å²) in [6, 6.07) is 5.30. The van der Waals surface area contributed by atoms with E-state index in [1.807, 2.05) is 35.4 Å². The minimum absolute atomic E-state index is 0.0826. The van der Waals surface area contributed by atoms with Crippen LogP contribution >= 0.6 is 0 Å². The summed E-state index contributed by atoms with van der Waals surface area (Å²) < 4.78 is 1.89. The van der Waals surface area contributed by atoms with E-state index in [0.717, 1.165) is 31.7 Å². The molecule has 114 valence electrons. The van der Waals surface area contributed by atoms with Crippen molar-refractivity contribution in [1.82, 2.24) is 9.47 Å². The highest BCUT2D eigenvalue weighted by atomic mass is 16.2. The van der Waals surface area contributed by atoms with Crippen molar-refractivity contribution in [3.8, 4) is 0 Å². The lowest BCUT2D eigenvalue weighted by atomic mass is 9.82. The van der Waals surface area contributed by atoms with Crippen molar-refractivity contribution in [1.29, 1.82) is 0 Å². The van der Waals surface area contributed by atoms with Crippen LogP contribution in [0.1, 0.15) is 31.9 Å². The van der Waals surface area contributed by atoms with Crippen LogP contribution in [0, 0.1) is 11.8 Å². The number of nitrogens with zero attached hydrogens (tertiary/aromatic N) is 2. The molecule has 2 aliphatic rings. The summed E-state index contributed by atoms with van der Waals surface area (Å²) >= 11 is 0. The van der Waals surface area contributed by atoms with Crippen LogP contribution in [-0.2, 0) is 11.3 Å². The van der Waals surface area contributed by atoms with Crippen molar-refractivity contribution in [3.63, 3.8) is 0 Å². The summed E-state index contributed by atoms with van der Waals surface area (Å²) in [4.78, 5) is 26.5. The molecule has 0 spiro atoms. The maximum atomic E-state index is 12.5. The standard InChI is InChI=1S/C16H23N3O2/c1-10(2)15(17)16(21)18-7-11-6-12(9-18)13-4-3-5-14(20)19(13)8-11/h3-5,10-12,15H,6-9,17H2,1-2H3/p+1/t11-,12+,15+/m1/s1. The van der Waals surface area contributed by atoms with E-state index in [-0.39, 0.29) is 29.3 Å². The van der Waals surface area contributed by atoms with Crippen molar-refractivity contribution in [2.24, 2.45) is 11.8 Å². The minimum atomic E-state index is -0.179. The predicted octanol–water partition coefficient (Wildman–Crippen LogP) is 0.0605. The summed E-state index contributed by atoms with van der Waals surface area (Å²) in [6.07, 6.45) is 1.08. The van der Waals surface area contributed by atoms with Gasteiger partial charge in [-0.3, -0.25) is 9.59 Å². The first-order valence-electron chi connectivity index (χ1n) is 7.79. The number of carbonyl (C=O) groups is 1. The highest BCUT2D eigenvalue weighted by molar-refractivity contribution is 5.80. The molecule has 1 saturated heterocycles. The van der Waals surface area contributed by atoms with Gasteiger partial charge in [0, 0.05) is 43.2 Å². The number of amides is 1. The van der Waals surface area contributed by atoms with Gasteiger partial charge in [-0.05, 0) is 18.4 Å². The number of quaternary nitrogens is 1. The van der Waals surface area contributed by atoms with Crippen molar-refractivity contribution in [3.05, 3.63) is 34.2 Å². The van der Waals surface area contributed by atoms with Gasteiger partial charge in [-0.25, -0.2) is 0 Å². The van der Waals surface area contributed by atoms with Gasteiger partial charge in [0.25, 0.3) is 11.5 Å². The first-order chi connectivity index (χ1) is 9.97. The Morgan fingerprint density at radius 3 is 2.76 bits per heavy atom. The maximum absolute atomic E-state index is 12.5. The molecule has 5 heteroatoms. The monoisotopic (exact) mass is 290 g/mol. The number of pyridine rings is 1. The molecule has 1 aromatic rings. The summed E-state index contributed by atoms with van der Waals surface area (Å²) in [7, 11) is 0. The zero-order valence-corrected chi connectivity index (χ0v) is 12.8. The summed E-state index contributed by atoms with van der Waals surface area (Å²) in [5.74, 6) is 1.09. The van der Waals surface area contributed by atoms with Gasteiger partial charge in [-0.15, -0.1) is 0 Å². The number of rotatable bonds is 2. The fourth-order valence-electron chi connectivity index (χ4n) is 3.60. The van der Waals surface area contributed by atoms with Gasteiger partial charge in [0.2, 0.25) is 0 Å². The lowest BCUT2D eigenvalue weighted by Gasteiger charge is -2.43. The number of hydrogen-bond donors (Lipinski definition) is 1. The molecule has 0 aromatic carbocycles. The average molecular weight is 290 g/mol. The molecule has 3 rings (SSSR count). The van der Waals surface area contributed by atoms with Crippen molar-refractivity contribution in [2.75, 3.05) is 13.1 Å². The Balaban J connectivity index is 1.85. The Kier molecular flexibility index (Phi) is 3.61.